The van der Waals surface area contributed by atoms with E-state index in [1.807, 2.05) is 12.1 Å². The van der Waals surface area contributed by atoms with Crippen LogP contribution in [-0.2, 0) is 4.84 Å². The Labute approximate surface area is 121 Å². The molecule has 1 aliphatic heterocycles. The summed E-state index contributed by atoms with van der Waals surface area (Å²) in [7, 11) is 0. The molecule has 1 unspecified atom stereocenters. The van der Waals surface area contributed by atoms with Gasteiger partial charge in [0.25, 0.3) is 0 Å². The van der Waals surface area contributed by atoms with Gasteiger partial charge in [-0.1, -0.05) is 23.7 Å². The van der Waals surface area contributed by atoms with Crippen molar-refractivity contribution in [2.75, 3.05) is 0 Å². The molecule has 1 aromatic rings. The van der Waals surface area contributed by atoms with Gasteiger partial charge in [-0.05, 0) is 65.2 Å². The predicted octanol–water partition coefficient (Wildman–Crippen LogP) is 4.99. The molecule has 2 rings (SSSR count). The second kappa shape index (κ2) is 5.08. The molecular weight excluding hydrogens is 258 g/mol. The minimum absolute atomic E-state index is 0.00536. The highest BCUT2D eigenvalue weighted by Gasteiger charge is 2.41. The summed E-state index contributed by atoms with van der Waals surface area (Å²) < 4.78 is 0. The van der Waals surface area contributed by atoms with Gasteiger partial charge < -0.3 is 0 Å². The van der Waals surface area contributed by atoms with Gasteiger partial charge in [0, 0.05) is 16.1 Å². The van der Waals surface area contributed by atoms with E-state index < -0.39 is 0 Å². The van der Waals surface area contributed by atoms with Crippen LogP contribution in [0.4, 0.5) is 0 Å². The van der Waals surface area contributed by atoms with Crippen molar-refractivity contribution in [3.05, 3.63) is 34.9 Å². The first-order chi connectivity index (χ1) is 8.70. The van der Waals surface area contributed by atoms with E-state index in [-0.39, 0.29) is 17.2 Å². The molecule has 0 N–H and O–H groups in total. The normalized spacial score (nSPS) is 24.4. The highest BCUT2D eigenvalue weighted by molar-refractivity contribution is 6.30. The van der Waals surface area contributed by atoms with Crippen LogP contribution in [0.2, 0.25) is 5.02 Å². The first-order valence-electron chi connectivity index (χ1n) is 6.93. The van der Waals surface area contributed by atoms with Gasteiger partial charge in [0.15, 0.2) is 0 Å². The van der Waals surface area contributed by atoms with Crippen molar-refractivity contribution < 1.29 is 4.84 Å². The maximum Gasteiger partial charge on any atom is 0.104 e. The van der Waals surface area contributed by atoms with Crippen LogP contribution in [0, 0.1) is 0 Å². The van der Waals surface area contributed by atoms with Crippen molar-refractivity contribution in [1.29, 1.82) is 0 Å². The van der Waals surface area contributed by atoms with Crippen LogP contribution in [0.5, 0.6) is 0 Å². The zero-order chi connectivity index (χ0) is 14.3. The smallest absolute Gasteiger partial charge is 0.104 e. The van der Waals surface area contributed by atoms with Gasteiger partial charge in [0.05, 0.1) is 0 Å². The molecule has 0 saturated carbocycles. The molecule has 0 aromatic heterocycles. The van der Waals surface area contributed by atoms with Gasteiger partial charge in [-0.25, -0.2) is 0 Å². The molecule has 2 nitrogen and oxygen atoms in total. The average Bonchev–Trinajstić information content (AvgIpc) is 2.28. The van der Waals surface area contributed by atoms with Crippen LogP contribution in [0.15, 0.2) is 24.3 Å². The monoisotopic (exact) mass is 281 g/mol. The lowest BCUT2D eigenvalue weighted by atomic mass is 9.88. The Bertz CT molecular complexity index is 433. The Morgan fingerprint density at radius 3 is 2.32 bits per heavy atom. The Kier molecular flexibility index (Phi) is 3.97. The van der Waals surface area contributed by atoms with E-state index >= 15 is 0 Å². The Morgan fingerprint density at radius 2 is 1.79 bits per heavy atom. The molecular formula is C16H24ClNO. The van der Waals surface area contributed by atoms with Crippen molar-refractivity contribution in [3.8, 4) is 0 Å². The summed E-state index contributed by atoms with van der Waals surface area (Å²) >= 11 is 5.95. The van der Waals surface area contributed by atoms with E-state index in [4.69, 9.17) is 16.4 Å². The number of nitrogens with zero attached hydrogens (tertiary/aromatic N) is 1. The van der Waals surface area contributed by atoms with Crippen LogP contribution in [0.3, 0.4) is 0 Å². The lowest BCUT2D eigenvalue weighted by molar-refractivity contribution is -0.315. The van der Waals surface area contributed by atoms with E-state index in [0.29, 0.717) is 0 Å². The van der Waals surface area contributed by atoms with Gasteiger partial charge >= 0.3 is 0 Å². The van der Waals surface area contributed by atoms with E-state index in [1.165, 1.54) is 5.56 Å². The molecule has 1 heterocycles. The molecule has 19 heavy (non-hydrogen) atoms. The molecule has 0 aliphatic carbocycles. The number of hydroxylamine groups is 2. The minimum atomic E-state index is -0.00536. The predicted molar refractivity (Wildman–Crippen MR) is 80.2 cm³/mol. The number of benzene rings is 1. The van der Waals surface area contributed by atoms with E-state index in [0.717, 1.165) is 17.9 Å². The third-order valence-corrected chi connectivity index (χ3v) is 3.90. The molecule has 0 bridgehead atoms. The van der Waals surface area contributed by atoms with Crippen LogP contribution in [0.25, 0.3) is 0 Å². The Morgan fingerprint density at radius 1 is 1.21 bits per heavy atom. The second-order valence-electron chi connectivity index (χ2n) is 6.96. The van der Waals surface area contributed by atoms with Gasteiger partial charge in [-0.15, -0.1) is 0 Å². The first-order valence-corrected chi connectivity index (χ1v) is 7.30. The van der Waals surface area contributed by atoms with E-state index in [2.05, 4.69) is 51.8 Å². The quantitative estimate of drug-likeness (QED) is 0.719. The number of hydrogen-bond acceptors (Lipinski definition) is 2. The molecule has 1 aromatic carbocycles. The van der Waals surface area contributed by atoms with Crippen LogP contribution >= 0.6 is 11.6 Å². The van der Waals surface area contributed by atoms with Gasteiger partial charge in [-0.3, -0.25) is 4.84 Å². The van der Waals surface area contributed by atoms with E-state index in [1.54, 1.807) is 0 Å². The number of hydrogen-bond donors (Lipinski definition) is 0. The highest BCUT2D eigenvalue weighted by Crippen LogP contribution is 2.40. The van der Waals surface area contributed by atoms with Crippen LogP contribution in [-0.4, -0.2) is 16.1 Å². The fraction of sp³-hybridized carbons (Fsp3) is 0.625. The summed E-state index contributed by atoms with van der Waals surface area (Å²) in [5.74, 6) is 0. The van der Waals surface area contributed by atoms with Crippen molar-refractivity contribution in [3.63, 3.8) is 0 Å². The van der Waals surface area contributed by atoms with E-state index in [9.17, 15) is 0 Å². The van der Waals surface area contributed by atoms with Crippen molar-refractivity contribution in [2.45, 2.75) is 64.6 Å². The molecule has 1 aliphatic rings. The Balaban J connectivity index is 2.21. The van der Waals surface area contributed by atoms with Gasteiger partial charge in [-0.2, -0.15) is 5.06 Å². The minimum Gasteiger partial charge on any atom is -0.290 e. The lowest BCUT2D eigenvalue weighted by Crippen LogP contribution is -2.56. The standard InChI is InChI=1S/C16H24ClNO/c1-15(2,3)18-16(4,5)11-10-14(19-18)12-6-8-13(17)9-7-12/h6-9,14H,10-11H2,1-5H3. The van der Waals surface area contributed by atoms with Gasteiger partial charge in [0.2, 0.25) is 0 Å². The molecule has 0 spiro atoms. The molecule has 1 saturated heterocycles. The van der Waals surface area contributed by atoms with Crippen molar-refractivity contribution >= 4 is 11.6 Å². The molecule has 1 fully saturated rings. The summed E-state index contributed by atoms with van der Waals surface area (Å²) in [6.07, 6.45) is 2.29. The lowest BCUT2D eigenvalue weighted by Gasteiger charge is -2.51. The fourth-order valence-corrected chi connectivity index (χ4v) is 3.01. The summed E-state index contributed by atoms with van der Waals surface area (Å²) in [4.78, 5) is 6.28. The zero-order valence-corrected chi connectivity index (χ0v) is 13.3. The maximum atomic E-state index is 6.28. The maximum absolute atomic E-state index is 6.28. The summed E-state index contributed by atoms with van der Waals surface area (Å²) in [5.41, 5.74) is 1.27. The Hall–Kier alpha value is -0.570. The second-order valence-corrected chi connectivity index (χ2v) is 7.40. The molecule has 3 heteroatoms. The largest absolute Gasteiger partial charge is 0.290 e. The van der Waals surface area contributed by atoms with Crippen LogP contribution in [0.1, 0.15) is 59.1 Å². The number of rotatable bonds is 1. The summed E-state index contributed by atoms with van der Waals surface area (Å²) in [5, 5.41) is 2.93. The molecule has 0 amide bonds. The van der Waals surface area contributed by atoms with Crippen molar-refractivity contribution in [2.24, 2.45) is 0 Å². The summed E-state index contributed by atoms with van der Waals surface area (Å²) in [6, 6.07) is 7.99. The number of halogens is 1. The van der Waals surface area contributed by atoms with Gasteiger partial charge in [0.1, 0.15) is 6.10 Å². The molecule has 0 radical (unpaired) electrons. The topological polar surface area (TPSA) is 12.5 Å². The molecule has 106 valence electrons. The zero-order valence-electron chi connectivity index (χ0n) is 12.5. The van der Waals surface area contributed by atoms with Crippen LogP contribution < -0.4 is 0 Å². The third kappa shape index (κ3) is 3.31. The fourth-order valence-electron chi connectivity index (χ4n) is 2.88. The highest BCUT2D eigenvalue weighted by atomic mass is 35.5. The molecule has 1 atom stereocenters. The first kappa shape index (κ1) is 14.8. The summed E-state index contributed by atoms with van der Waals surface area (Å²) in [6.45, 7) is 11.1. The third-order valence-electron chi connectivity index (χ3n) is 3.65. The average molecular weight is 282 g/mol. The van der Waals surface area contributed by atoms with Crippen molar-refractivity contribution in [1.82, 2.24) is 5.06 Å². The SMILES string of the molecule is CC(C)(C)N1OC(c2ccc(Cl)cc2)CCC1(C)C.